The first-order valence-corrected chi connectivity index (χ1v) is 8.71. The Morgan fingerprint density at radius 3 is 3.04 bits per heavy atom. The summed E-state index contributed by atoms with van der Waals surface area (Å²) in [5.41, 5.74) is 3.86. The van der Waals surface area contributed by atoms with Crippen LogP contribution in [0.2, 0.25) is 0 Å². The van der Waals surface area contributed by atoms with E-state index in [9.17, 15) is 0 Å². The van der Waals surface area contributed by atoms with Crippen LogP contribution < -0.4 is 5.32 Å². The van der Waals surface area contributed by atoms with Gasteiger partial charge in [0, 0.05) is 19.0 Å². The molecule has 2 aliphatic rings. The van der Waals surface area contributed by atoms with Crippen LogP contribution in [0.4, 0.5) is 5.82 Å². The number of hydrogen-bond donors (Lipinski definition) is 1. The summed E-state index contributed by atoms with van der Waals surface area (Å²) in [5, 5.41) is 9.02. The number of nitrogens with zero attached hydrogens (tertiary/aromatic N) is 4. The smallest absolute Gasteiger partial charge is 0.164 e. The molecule has 2 aromatic heterocycles. The van der Waals surface area contributed by atoms with Gasteiger partial charge in [-0.2, -0.15) is 5.10 Å². The minimum absolute atomic E-state index is 0.462. The molecule has 1 fully saturated rings. The van der Waals surface area contributed by atoms with E-state index >= 15 is 0 Å². The van der Waals surface area contributed by atoms with Crippen LogP contribution in [0.15, 0.2) is 35.2 Å². The van der Waals surface area contributed by atoms with E-state index in [0.717, 1.165) is 21.5 Å². The summed E-state index contributed by atoms with van der Waals surface area (Å²) in [4.78, 5) is 8.81. The molecule has 1 saturated carbocycles. The second-order valence-electron chi connectivity index (χ2n) is 6.43. The Kier molecular flexibility index (Phi) is 2.80. The van der Waals surface area contributed by atoms with Gasteiger partial charge in [-0.05, 0) is 45.8 Å². The van der Waals surface area contributed by atoms with Crippen molar-refractivity contribution in [2.75, 3.05) is 5.32 Å². The van der Waals surface area contributed by atoms with Crippen molar-refractivity contribution in [3.63, 3.8) is 0 Å². The third kappa shape index (κ3) is 1.94. The third-order valence-corrected chi connectivity index (χ3v) is 5.77. The Hall–Kier alpha value is -1.95. The molecule has 0 saturated heterocycles. The van der Waals surface area contributed by atoms with Crippen molar-refractivity contribution < 1.29 is 0 Å². The van der Waals surface area contributed by atoms with Gasteiger partial charge in [0.1, 0.15) is 16.7 Å². The van der Waals surface area contributed by atoms with Crippen LogP contribution in [0.5, 0.6) is 0 Å². The lowest BCUT2D eigenvalue weighted by Crippen LogP contribution is -2.08. The fourth-order valence-corrected chi connectivity index (χ4v) is 4.67. The van der Waals surface area contributed by atoms with Gasteiger partial charge in [0.2, 0.25) is 0 Å². The van der Waals surface area contributed by atoms with E-state index in [1.165, 1.54) is 24.0 Å². The first-order chi connectivity index (χ1) is 11.2. The van der Waals surface area contributed by atoms with Crippen molar-refractivity contribution >= 4 is 32.8 Å². The lowest BCUT2D eigenvalue weighted by Gasteiger charge is -2.13. The Balaban J connectivity index is 1.51. The molecule has 2 heterocycles. The maximum absolute atomic E-state index is 4.47. The summed E-state index contributed by atoms with van der Waals surface area (Å²) in [5.74, 6) is 2.21. The Labute approximate surface area is 142 Å². The highest BCUT2D eigenvalue weighted by Gasteiger charge is 2.53. The lowest BCUT2D eigenvalue weighted by molar-refractivity contribution is 0.661. The van der Waals surface area contributed by atoms with Crippen LogP contribution in [0.25, 0.3) is 11.0 Å². The molecule has 0 aliphatic heterocycles. The van der Waals surface area contributed by atoms with E-state index in [-0.39, 0.29) is 0 Å². The van der Waals surface area contributed by atoms with Crippen LogP contribution >= 0.6 is 15.9 Å². The molecule has 23 heavy (non-hydrogen) atoms. The summed E-state index contributed by atoms with van der Waals surface area (Å²) in [6, 6.07) is 9.30. The van der Waals surface area contributed by atoms with Crippen molar-refractivity contribution in [2.24, 2.45) is 13.0 Å². The molecule has 3 atom stereocenters. The minimum Gasteiger partial charge on any atom is -0.366 e. The number of aryl methyl sites for hydroxylation is 2. The zero-order valence-corrected chi connectivity index (χ0v) is 14.3. The molecule has 1 N–H and O–H groups in total. The van der Waals surface area contributed by atoms with E-state index in [4.69, 9.17) is 0 Å². The Bertz CT molecular complexity index is 918. The van der Waals surface area contributed by atoms with Gasteiger partial charge < -0.3 is 5.32 Å². The van der Waals surface area contributed by atoms with Crippen molar-refractivity contribution in [1.29, 1.82) is 0 Å². The van der Waals surface area contributed by atoms with Gasteiger partial charge in [-0.3, -0.25) is 0 Å². The number of rotatable bonds is 2. The highest BCUT2D eigenvalue weighted by atomic mass is 79.9. The average molecular weight is 370 g/mol. The molecule has 3 aromatic rings. The van der Waals surface area contributed by atoms with Gasteiger partial charge in [-0.25, -0.2) is 14.6 Å². The Morgan fingerprint density at radius 2 is 2.13 bits per heavy atom. The van der Waals surface area contributed by atoms with Crippen LogP contribution in [0.3, 0.4) is 0 Å². The first-order valence-electron chi connectivity index (χ1n) is 7.91. The molecular weight excluding hydrogens is 354 g/mol. The Morgan fingerprint density at radius 1 is 1.26 bits per heavy atom. The molecule has 3 unspecified atom stereocenters. The quantitative estimate of drug-likeness (QED) is 0.752. The first kappa shape index (κ1) is 13.5. The molecule has 1 aromatic carbocycles. The number of halogens is 1. The molecular formula is C17H16BrN5. The van der Waals surface area contributed by atoms with E-state index in [0.29, 0.717) is 17.9 Å². The summed E-state index contributed by atoms with van der Waals surface area (Å²) in [7, 11) is 1.90. The average Bonchev–Trinajstić information content (AvgIpc) is 3.19. The highest BCUT2D eigenvalue weighted by molar-refractivity contribution is 9.10. The van der Waals surface area contributed by atoms with E-state index in [1.807, 2.05) is 7.05 Å². The standard InChI is InChI=1S/C17H16BrN5/c1-23-17-13(15(18)22-23)16(19-8-20-17)21-14-11-7-6-9-4-2-3-5-10(9)12(11)14/h2-5,8,11-12,14H,6-7H2,1H3,(H,19,20,21). The monoisotopic (exact) mass is 369 g/mol. The molecule has 0 bridgehead atoms. The van der Waals surface area contributed by atoms with Gasteiger partial charge in [0.05, 0.1) is 5.39 Å². The van der Waals surface area contributed by atoms with E-state index < -0.39 is 0 Å². The van der Waals surface area contributed by atoms with Crippen molar-refractivity contribution in [2.45, 2.75) is 24.8 Å². The van der Waals surface area contributed by atoms with Crippen LogP contribution in [-0.4, -0.2) is 25.8 Å². The SMILES string of the molecule is Cn1nc(Br)c2c(NC3C4CCc5ccccc5C43)ncnc21. The van der Waals surface area contributed by atoms with Gasteiger partial charge in [0.25, 0.3) is 0 Å². The number of fused-ring (bicyclic) bond motifs is 4. The minimum atomic E-state index is 0.462. The van der Waals surface area contributed by atoms with Crippen molar-refractivity contribution in [1.82, 2.24) is 19.7 Å². The van der Waals surface area contributed by atoms with E-state index in [1.54, 1.807) is 11.0 Å². The predicted molar refractivity (Wildman–Crippen MR) is 92.4 cm³/mol. The molecule has 0 radical (unpaired) electrons. The zero-order chi connectivity index (χ0) is 15.6. The molecule has 116 valence electrons. The van der Waals surface area contributed by atoms with Crippen LogP contribution in [-0.2, 0) is 13.5 Å². The van der Waals surface area contributed by atoms with Gasteiger partial charge in [-0.15, -0.1) is 0 Å². The maximum atomic E-state index is 4.47. The molecule has 6 heteroatoms. The number of aromatic nitrogens is 4. The number of anilines is 1. The fourth-order valence-electron chi connectivity index (χ4n) is 4.07. The van der Waals surface area contributed by atoms with Gasteiger partial charge >= 0.3 is 0 Å². The summed E-state index contributed by atoms with van der Waals surface area (Å²) in [6.45, 7) is 0. The molecule has 5 rings (SSSR count). The summed E-state index contributed by atoms with van der Waals surface area (Å²) in [6.07, 6.45) is 4.05. The maximum Gasteiger partial charge on any atom is 0.164 e. The topological polar surface area (TPSA) is 55.6 Å². The molecule has 2 aliphatic carbocycles. The largest absolute Gasteiger partial charge is 0.366 e. The normalized spacial score (nSPS) is 25.0. The lowest BCUT2D eigenvalue weighted by atomic mass is 9.92. The second kappa shape index (κ2) is 4.77. The zero-order valence-electron chi connectivity index (χ0n) is 12.7. The molecule has 0 amide bonds. The van der Waals surface area contributed by atoms with Gasteiger partial charge in [-0.1, -0.05) is 24.3 Å². The van der Waals surface area contributed by atoms with Crippen LogP contribution in [0.1, 0.15) is 23.5 Å². The number of benzene rings is 1. The molecule has 5 nitrogen and oxygen atoms in total. The fraction of sp³-hybridized carbons (Fsp3) is 0.353. The van der Waals surface area contributed by atoms with E-state index in [2.05, 4.69) is 60.6 Å². The number of hydrogen-bond acceptors (Lipinski definition) is 4. The van der Waals surface area contributed by atoms with Crippen molar-refractivity contribution in [3.8, 4) is 0 Å². The van der Waals surface area contributed by atoms with Crippen LogP contribution in [0, 0.1) is 5.92 Å². The summed E-state index contributed by atoms with van der Waals surface area (Å²) < 4.78 is 2.57. The predicted octanol–water partition coefficient (Wildman–Crippen LogP) is 3.27. The third-order valence-electron chi connectivity index (χ3n) is 5.21. The second-order valence-corrected chi connectivity index (χ2v) is 7.18. The number of nitrogens with one attached hydrogen (secondary N) is 1. The molecule has 0 spiro atoms. The summed E-state index contributed by atoms with van der Waals surface area (Å²) >= 11 is 3.53. The highest BCUT2D eigenvalue weighted by Crippen LogP contribution is 2.55. The van der Waals surface area contributed by atoms with Crippen molar-refractivity contribution in [3.05, 3.63) is 46.3 Å². The van der Waals surface area contributed by atoms with Gasteiger partial charge in [0.15, 0.2) is 5.65 Å².